The van der Waals surface area contributed by atoms with Gasteiger partial charge in [-0.25, -0.2) is 8.42 Å². The SMILES string of the molecule is CCCCc1oc2ccccc2c1C(=O)N1CCC(OCCCN(C)Cc2cccc(NS(=O)(=O)c3ccccc3)c2)CC1. The van der Waals surface area contributed by atoms with Crippen LogP contribution in [-0.4, -0.2) is 63.5 Å². The molecular formula is C35H43N3O5S. The van der Waals surface area contributed by atoms with Crippen LogP contribution >= 0.6 is 0 Å². The Bertz CT molecular complexity index is 1630. The maximum atomic E-state index is 13.6. The van der Waals surface area contributed by atoms with Crippen LogP contribution in [0.4, 0.5) is 5.69 Å². The molecule has 0 aliphatic carbocycles. The maximum Gasteiger partial charge on any atom is 0.261 e. The number of benzene rings is 3. The number of anilines is 1. The first-order chi connectivity index (χ1) is 21.3. The number of furan rings is 1. The fraction of sp³-hybridized carbons (Fsp3) is 0.400. The predicted octanol–water partition coefficient (Wildman–Crippen LogP) is 6.72. The Morgan fingerprint density at radius 1 is 1.00 bits per heavy atom. The minimum absolute atomic E-state index is 0.0677. The highest BCUT2D eigenvalue weighted by Crippen LogP contribution is 2.29. The highest BCUT2D eigenvalue weighted by Gasteiger charge is 2.28. The molecule has 0 unspecified atom stereocenters. The lowest BCUT2D eigenvalue weighted by Crippen LogP contribution is -2.41. The number of aryl methyl sites for hydroxylation is 1. The first-order valence-corrected chi connectivity index (χ1v) is 17.1. The highest BCUT2D eigenvalue weighted by atomic mass is 32.2. The molecule has 9 heteroatoms. The van der Waals surface area contributed by atoms with E-state index >= 15 is 0 Å². The number of sulfonamides is 1. The molecule has 2 heterocycles. The van der Waals surface area contributed by atoms with Gasteiger partial charge in [0.25, 0.3) is 15.9 Å². The van der Waals surface area contributed by atoms with Crippen LogP contribution in [0.15, 0.2) is 88.2 Å². The number of hydrogen-bond acceptors (Lipinski definition) is 6. The molecule has 8 nitrogen and oxygen atoms in total. The number of unbranched alkanes of at least 4 members (excludes halogenated alkanes) is 1. The number of amides is 1. The van der Waals surface area contributed by atoms with Crippen molar-refractivity contribution in [2.45, 2.75) is 63.0 Å². The zero-order chi connectivity index (χ0) is 30.9. The van der Waals surface area contributed by atoms with E-state index in [2.05, 4.69) is 23.6 Å². The van der Waals surface area contributed by atoms with Crippen LogP contribution in [0.25, 0.3) is 11.0 Å². The second-order valence-corrected chi connectivity index (χ2v) is 13.3. The van der Waals surface area contributed by atoms with Crippen molar-refractivity contribution in [1.82, 2.24) is 9.80 Å². The zero-order valence-electron chi connectivity index (χ0n) is 25.7. The number of nitrogens with one attached hydrogen (secondary N) is 1. The Morgan fingerprint density at radius 2 is 1.75 bits per heavy atom. The molecule has 234 valence electrons. The minimum Gasteiger partial charge on any atom is -0.460 e. The van der Waals surface area contributed by atoms with Gasteiger partial charge in [-0.15, -0.1) is 0 Å². The summed E-state index contributed by atoms with van der Waals surface area (Å²) >= 11 is 0. The summed E-state index contributed by atoms with van der Waals surface area (Å²) in [6.07, 6.45) is 5.51. The Morgan fingerprint density at radius 3 is 2.52 bits per heavy atom. The standard InChI is InChI=1S/C35H43N3O5S/c1-3-4-17-33-34(31-16-8-9-18-32(31)43-33)35(39)38-22-19-29(20-23-38)42-24-11-21-37(2)26-27-12-10-13-28(25-27)36-44(40,41)30-14-6-5-7-15-30/h5-10,12-16,18,25,29,36H,3-4,11,17,19-24,26H2,1-2H3. The molecule has 4 aromatic rings. The molecule has 1 saturated heterocycles. The second-order valence-electron chi connectivity index (χ2n) is 11.6. The van der Waals surface area contributed by atoms with Gasteiger partial charge in [-0.05, 0) is 68.6 Å². The molecule has 0 spiro atoms. The van der Waals surface area contributed by atoms with Gasteiger partial charge in [0, 0.05) is 50.3 Å². The van der Waals surface area contributed by atoms with Crippen LogP contribution in [0.3, 0.4) is 0 Å². The average Bonchev–Trinajstić information content (AvgIpc) is 3.41. The summed E-state index contributed by atoms with van der Waals surface area (Å²) in [4.78, 5) is 18.0. The molecule has 1 amide bonds. The van der Waals surface area contributed by atoms with Gasteiger partial charge in [0.1, 0.15) is 11.3 Å². The first kappa shape index (κ1) is 31.8. The van der Waals surface area contributed by atoms with Crippen LogP contribution in [0.2, 0.25) is 0 Å². The Kier molecular flexibility index (Phi) is 10.7. The van der Waals surface area contributed by atoms with Crippen molar-refractivity contribution in [3.63, 3.8) is 0 Å². The molecule has 1 aliphatic rings. The van der Waals surface area contributed by atoms with Gasteiger partial charge >= 0.3 is 0 Å². The largest absolute Gasteiger partial charge is 0.460 e. The topological polar surface area (TPSA) is 92.1 Å². The first-order valence-electron chi connectivity index (χ1n) is 15.6. The summed E-state index contributed by atoms with van der Waals surface area (Å²) < 4.78 is 40.3. The number of carbonyl (C=O) groups excluding carboxylic acids is 1. The van der Waals surface area contributed by atoms with Gasteiger partial charge in [0.15, 0.2) is 0 Å². The zero-order valence-corrected chi connectivity index (χ0v) is 26.5. The maximum absolute atomic E-state index is 13.6. The molecular weight excluding hydrogens is 574 g/mol. The van der Waals surface area contributed by atoms with Crippen LogP contribution in [0.1, 0.15) is 60.7 Å². The Hall–Kier alpha value is -3.66. The molecule has 1 N–H and O–H groups in total. The van der Waals surface area contributed by atoms with E-state index in [1.165, 1.54) is 0 Å². The van der Waals surface area contributed by atoms with Gasteiger partial charge in [0.05, 0.1) is 16.6 Å². The van der Waals surface area contributed by atoms with E-state index in [9.17, 15) is 13.2 Å². The van der Waals surface area contributed by atoms with Gasteiger partial charge in [-0.2, -0.15) is 0 Å². The summed E-state index contributed by atoms with van der Waals surface area (Å²) in [6, 6.07) is 23.7. The summed E-state index contributed by atoms with van der Waals surface area (Å²) in [5, 5.41) is 0.909. The second kappa shape index (κ2) is 14.9. The molecule has 1 fully saturated rings. The number of fused-ring (bicyclic) bond motifs is 1. The molecule has 1 aliphatic heterocycles. The van der Waals surface area contributed by atoms with Crippen molar-refractivity contribution in [1.29, 1.82) is 0 Å². The number of nitrogens with zero attached hydrogens (tertiary/aromatic N) is 2. The van der Waals surface area contributed by atoms with E-state index in [-0.39, 0.29) is 16.9 Å². The number of para-hydroxylation sites is 1. The predicted molar refractivity (Wildman–Crippen MR) is 174 cm³/mol. The third-order valence-electron chi connectivity index (χ3n) is 8.09. The van der Waals surface area contributed by atoms with E-state index in [1.54, 1.807) is 36.4 Å². The molecule has 0 radical (unpaired) electrons. The number of ether oxygens (including phenoxy) is 1. The quantitative estimate of drug-likeness (QED) is 0.158. The third kappa shape index (κ3) is 8.08. The molecule has 0 saturated carbocycles. The van der Waals surface area contributed by atoms with E-state index in [0.29, 0.717) is 31.9 Å². The normalized spacial score (nSPS) is 14.4. The van der Waals surface area contributed by atoms with Crippen molar-refractivity contribution in [3.05, 3.63) is 95.7 Å². The van der Waals surface area contributed by atoms with Gasteiger partial charge in [0.2, 0.25) is 0 Å². The Balaban J connectivity index is 1.05. The lowest BCUT2D eigenvalue weighted by Gasteiger charge is -2.32. The number of piperidine rings is 1. The lowest BCUT2D eigenvalue weighted by molar-refractivity contribution is 0.00575. The fourth-order valence-electron chi connectivity index (χ4n) is 5.75. The third-order valence-corrected chi connectivity index (χ3v) is 9.49. The number of hydrogen-bond donors (Lipinski definition) is 1. The minimum atomic E-state index is -3.63. The molecule has 0 atom stereocenters. The number of likely N-dealkylation sites (tertiary alicyclic amines) is 1. The summed E-state index contributed by atoms with van der Waals surface area (Å²) in [7, 11) is -1.57. The van der Waals surface area contributed by atoms with Crippen molar-refractivity contribution in [2.24, 2.45) is 0 Å². The molecule has 44 heavy (non-hydrogen) atoms. The van der Waals surface area contributed by atoms with E-state index < -0.39 is 10.0 Å². The summed E-state index contributed by atoms with van der Waals surface area (Å²) in [6.45, 7) is 5.72. The van der Waals surface area contributed by atoms with Crippen LogP contribution in [-0.2, 0) is 27.7 Å². The summed E-state index contributed by atoms with van der Waals surface area (Å²) in [5.41, 5.74) is 3.09. The van der Waals surface area contributed by atoms with Gasteiger partial charge < -0.3 is 19.0 Å². The lowest BCUT2D eigenvalue weighted by atomic mass is 10.0. The fourth-order valence-corrected chi connectivity index (χ4v) is 6.82. The van der Waals surface area contributed by atoms with E-state index in [1.807, 2.05) is 47.4 Å². The van der Waals surface area contributed by atoms with E-state index in [4.69, 9.17) is 9.15 Å². The van der Waals surface area contributed by atoms with Crippen molar-refractivity contribution < 1.29 is 22.4 Å². The van der Waals surface area contributed by atoms with Crippen molar-refractivity contribution in [3.8, 4) is 0 Å². The summed E-state index contributed by atoms with van der Waals surface area (Å²) in [5.74, 6) is 0.874. The van der Waals surface area contributed by atoms with Crippen molar-refractivity contribution >= 4 is 32.6 Å². The molecule has 0 bridgehead atoms. The smallest absolute Gasteiger partial charge is 0.261 e. The number of carbonyl (C=O) groups is 1. The van der Waals surface area contributed by atoms with Crippen LogP contribution in [0.5, 0.6) is 0 Å². The van der Waals surface area contributed by atoms with Crippen molar-refractivity contribution in [2.75, 3.05) is 38.0 Å². The number of rotatable bonds is 14. The van der Waals surface area contributed by atoms with Gasteiger partial charge in [-0.1, -0.05) is 61.9 Å². The highest BCUT2D eigenvalue weighted by molar-refractivity contribution is 7.92. The average molecular weight is 618 g/mol. The molecule has 5 rings (SSSR count). The van der Waals surface area contributed by atoms with E-state index in [0.717, 1.165) is 72.9 Å². The molecule has 3 aromatic carbocycles. The monoisotopic (exact) mass is 617 g/mol. The van der Waals surface area contributed by atoms with Crippen LogP contribution < -0.4 is 4.72 Å². The molecule has 1 aromatic heterocycles. The van der Waals surface area contributed by atoms with Gasteiger partial charge in [-0.3, -0.25) is 9.52 Å². The Labute approximate surface area is 261 Å². The van der Waals surface area contributed by atoms with Crippen LogP contribution in [0, 0.1) is 0 Å².